The average Bonchev–Trinajstić information content (AvgIpc) is 2.37. The fourth-order valence-corrected chi connectivity index (χ4v) is 1.95. The van der Waals surface area contributed by atoms with Gasteiger partial charge in [-0.2, -0.15) is 0 Å². The normalized spacial score (nSPS) is 10.8. The number of aliphatic imine (C=N–C) groups is 1. The molecule has 3 nitrogen and oxygen atoms in total. The van der Waals surface area contributed by atoms with Gasteiger partial charge in [0.2, 0.25) is 0 Å². The van der Waals surface area contributed by atoms with Crippen LogP contribution in [0.25, 0.3) is 0 Å². The highest BCUT2D eigenvalue weighted by molar-refractivity contribution is 6.34. The predicted molar refractivity (Wildman–Crippen MR) is 76.8 cm³/mol. The second-order valence-electron chi connectivity index (χ2n) is 4.05. The summed E-state index contributed by atoms with van der Waals surface area (Å²) in [5, 5.41) is 9.33. The molecule has 0 aliphatic heterocycles. The number of hydrogen-bond donors (Lipinski definition) is 1. The van der Waals surface area contributed by atoms with Gasteiger partial charge >= 0.3 is 5.97 Å². The van der Waals surface area contributed by atoms with Crippen LogP contribution in [-0.4, -0.2) is 17.3 Å². The first-order chi connectivity index (χ1) is 9.09. The highest BCUT2D eigenvalue weighted by Crippen LogP contribution is 2.26. The van der Waals surface area contributed by atoms with E-state index in [4.69, 9.17) is 16.7 Å². The number of nitrogens with zero attached hydrogens (tertiary/aromatic N) is 1. The number of halogens is 1. The molecule has 0 saturated heterocycles. The van der Waals surface area contributed by atoms with Crippen LogP contribution in [-0.2, 0) is 0 Å². The molecule has 4 heteroatoms. The Balaban J connectivity index is 2.42. The van der Waals surface area contributed by atoms with Crippen LogP contribution in [0, 0.1) is 6.92 Å². The van der Waals surface area contributed by atoms with Crippen LogP contribution >= 0.6 is 11.6 Å². The number of benzene rings is 2. The quantitative estimate of drug-likeness (QED) is 0.856. The second-order valence-corrected chi connectivity index (χ2v) is 4.46. The van der Waals surface area contributed by atoms with Crippen LogP contribution in [0.1, 0.15) is 21.5 Å². The van der Waals surface area contributed by atoms with Crippen molar-refractivity contribution < 1.29 is 9.90 Å². The minimum atomic E-state index is -1.08. The van der Waals surface area contributed by atoms with E-state index >= 15 is 0 Å². The largest absolute Gasteiger partial charge is 0.478 e. The van der Waals surface area contributed by atoms with Crippen molar-refractivity contribution >= 4 is 29.5 Å². The molecule has 0 saturated carbocycles. The number of aryl methyl sites for hydroxylation is 1. The zero-order valence-corrected chi connectivity index (χ0v) is 11.1. The van der Waals surface area contributed by atoms with Gasteiger partial charge in [0.25, 0.3) is 0 Å². The lowest BCUT2D eigenvalue weighted by molar-refractivity contribution is 0.0698. The van der Waals surface area contributed by atoms with Crippen LogP contribution in [0.15, 0.2) is 47.5 Å². The summed E-state index contributed by atoms with van der Waals surface area (Å²) in [4.78, 5) is 15.4. The lowest BCUT2D eigenvalue weighted by Gasteiger charge is -2.03. The van der Waals surface area contributed by atoms with Crippen molar-refractivity contribution in [1.82, 2.24) is 0 Å². The van der Waals surface area contributed by atoms with Crippen LogP contribution in [0.5, 0.6) is 0 Å². The maximum atomic E-state index is 11.2. The maximum absolute atomic E-state index is 11.2. The Morgan fingerprint density at radius 3 is 2.63 bits per heavy atom. The molecule has 0 unspecified atom stereocenters. The minimum absolute atomic E-state index is 0.0222. The van der Waals surface area contributed by atoms with Crippen LogP contribution in [0.3, 0.4) is 0 Å². The Bertz CT molecular complexity index is 650. The number of rotatable bonds is 3. The molecule has 0 aliphatic rings. The zero-order valence-electron chi connectivity index (χ0n) is 10.3. The highest BCUT2D eigenvalue weighted by Gasteiger charge is 2.13. The second kappa shape index (κ2) is 5.67. The lowest BCUT2D eigenvalue weighted by Crippen LogP contribution is -1.98. The first-order valence-corrected chi connectivity index (χ1v) is 6.09. The predicted octanol–water partition coefficient (Wildman–Crippen LogP) is 4.10. The Morgan fingerprint density at radius 2 is 1.95 bits per heavy atom. The third-order valence-corrected chi connectivity index (χ3v) is 3.05. The van der Waals surface area contributed by atoms with E-state index in [9.17, 15) is 4.79 Å². The molecule has 0 aromatic heterocycles. The number of hydrogen-bond acceptors (Lipinski definition) is 2. The Labute approximate surface area is 116 Å². The molecule has 2 rings (SSSR count). The summed E-state index contributed by atoms with van der Waals surface area (Å²) in [6, 6.07) is 12.6. The first-order valence-electron chi connectivity index (χ1n) is 5.71. The SMILES string of the molecule is Cc1ccccc1C=Nc1cccc(Cl)c1C(=O)O. The van der Waals surface area contributed by atoms with Crippen molar-refractivity contribution in [2.75, 3.05) is 0 Å². The smallest absolute Gasteiger partial charge is 0.339 e. The monoisotopic (exact) mass is 273 g/mol. The Morgan fingerprint density at radius 1 is 1.21 bits per heavy atom. The lowest BCUT2D eigenvalue weighted by atomic mass is 10.1. The van der Waals surface area contributed by atoms with Gasteiger partial charge in [-0.1, -0.05) is 41.9 Å². The number of carboxylic acid groups (broad SMARTS) is 1. The summed E-state index contributed by atoms with van der Waals surface area (Å²) >= 11 is 5.88. The molecule has 0 fully saturated rings. The summed E-state index contributed by atoms with van der Waals surface area (Å²) in [5.74, 6) is -1.08. The summed E-state index contributed by atoms with van der Waals surface area (Å²) in [6.45, 7) is 1.97. The van der Waals surface area contributed by atoms with Crippen molar-refractivity contribution in [2.24, 2.45) is 4.99 Å². The molecule has 2 aromatic rings. The van der Waals surface area contributed by atoms with Crippen molar-refractivity contribution in [3.05, 3.63) is 64.2 Å². The molecule has 0 heterocycles. The number of carbonyl (C=O) groups is 1. The molecule has 2 aromatic carbocycles. The third-order valence-electron chi connectivity index (χ3n) is 2.74. The van der Waals surface area contributed by atoms with E-state index < -0.39 is 5.97 Å². The highest BCUT2D eigenvalue weighted by atomic mass is 35.5. The van der Waals surface area contributed by atoms with Crippen molar-refractivity contribution in [3.8, 4) is 0 Å². The van der Waals surface area contributed by atoms with E-state index in [1.54, 1.807) is 18.3 Å². The van der Waals surface area contributed by atoms with E-state index in [-0.39, 0.29) is 10.6 Å². The van der Waals surface area contributed by atoms with Gasteiger partial charge in [-0.15, -0.1) is 0 Å². The molecule has 0 bridgehead atoms. The minimum Gasteiger partial charge on any atom is -0.478 e. The Kier molecular flexibility index (Phi) is 3.97. The molecule has 0 aliphatic carbocycles. The van der Waals surface area contributed by atoms with Crippen molar-refractivity contribution in [3.63, 3.8) is 0 Å². The van der Waals surface area contributed by atoms with Gasteiger partial charge in [0.1, 0.15) is 5.56 Å². The van der Waals surface area contributed by atoms with E-state index in [0.717, 1.165) is 11.1 Å². The summed E-state index contributed by atoms with van der Waals surface area (Å²) in [6.07, 6.45) is 1.65. The fourth-order valence-electron chi connectivity index (χ4n) is 1.70. The van der Waals surface area contributed by atoms with Gasteiger partial charge in [0.05, 0.1) is 10.7 Å². The van der Waals surface area contributed by atoms with Gasteiger partial charge in [-0.25, -0.2) is 4.79 Å². The van der Waals surface area contributed by atoms with Crippen LogP contribution in [0.4, 0.5) is 5.69 Å². The number of aromatic carboxylic acids is 1. The van der Waals surface area contributed by atoms with E-state index in [1.807, 2.05) is 31.2 Å². The summed E-state index contributed by atoms with van der Waals surface area (Å²) < 4.78 is 0. The molecular formula is C15H12ClNO2. The standard InChI is InChI=1S/C15H12ClNO2/c1-10-5-2-3-6-11(10)9-17-13-8-4-7-12(16)14(13)15(18)19/h2-9H,1H3,(H,18,19). The van der Waals surface area contributed by atoms with Crippen molar-refractivity contribution in [2.45, 2.75) is 6.92 Å². The molecule has 1 N–H and O–H groups in total. The molecule has 0 spiro atoms. The van der Waals surface area contributed by atoms with E-state index in [0.29, 0.717) is 5.69 Å². The maximum Gasteiger partial charge on any atom is 0.339 e. The van der Waals surface area contributed by atoms with Crippen molar-refractivity contribution in [1.29, 1.82) is 0 Å². The molecule has 96 valence electrons. The van der Waals surface area contributed by atoms with Gasteiger partial charge in [0, 0.05) is 6.21 Å². The van der Waals surface area contributed by atoms with Gasteiger partial charge < -0.3 is 5.11 Å². The zero-order chi connectivity index (χ0) is 13.8. The molecule has 19 heavy (non-hydrogen) atoms. The third kappa shape index (κ3) is 3.01. The fraction of sp³-hybridized carbons (Fsp3) is 0.0667. The summed E-state index contributed by atoms with van der Waals surface area (Å²) in [5.41, 5.74) is 2.39. The van der Waals surface area contributed by atoms with E-state index in [1.165, 1.54) is 6.07 Å². The van der Waals surface area contributed by atoms with Crippen LogP contribution in [0.2, 0.25) is 5.02 Å². The average molecular weight is 274 g/mol. The van der Waals surface area contributed by atoms with Gasteiger partial charge in [-0.05, 0) is 30.2 Å². The molecular weight excluding hydrogens is 262 g/mol. The van der Waals surface area contributed by atoms with Crippen LogP contribution < -0.4 is 0 Å². The first kappa shape index (κ1) is 13.3. The Hall–Kier alpha value is -2.13. The van der Waals surface area contributed by atoms with Gasteiger partial charge in [0.15, 0.2) is 0 Å². The van der Waals surface area contributed by atoms with E-state index in [2.05, 4.69) is 4.99 Å². The molecule has 0 amide bonds. The summed E-state index contributed by atoms with van der Waals surface area (Å²) in [7, 11) is 0. The molecule has 0 atom stereocenters. The van der Waals surface area contributed by atoms with Gasteiger partial charge in [-0.3, -0.25) is 4.99 Å². The number of carboxylic acids is 1. The topological polar surface area (TPSA) is 49.7 Å². The molecule has 0 radical (unpaired) electrons.